The van der Waals surface area contributed by atoms with E-state index in [0.29, 0.717) is 35.4 Å². The van der Waals surface area contributed by atoms with Crippen LogP contribution in [0.3, 0.4) is 0 Å². The second-order valence-corrected chi connectivity index (χ2v) is 8.98. The molecule has 0 spiro atoms. The van der Waals surface area contributed by atoms with E-state index >= 15 is 0 Å². The number of para-hydroxylation sites is 3. The number of amides is 2. The lowest BCUT2D eigenvalue weighted by Crippen LogP contribution is -2.41. The van der Waals surface area contributed by atoms with Crippen LogP contribution in [0, 0.1) is 5.82 Å². The predicted octanol–water partition coefficient (Wildman–Crippen LogP) is 6.36. The molecule has 5 aromatic rings. The number of anilines is 1. The first-order chi connectivity index (χ1) is 18.5. The van der Waals surface area contributed by atoms with Gasteiger partial charge in [-0.3, -0.25) is 9.36 Å². The molecule has 5 rings (SSSR count). The van der Waals surface area contributed by atoms with Crippen LogP contribution in [0.1, 0.15) is 24.4 Å². The van der Waals surface area contributed by atoms with Gasteiger partial charge in [-0.05, 0) is 55.3 Å². The van der Waals surface area contributed by atoms with E-state index < -0.39 is 17.9 Å². The monoisotopic (exact) mass is 506 g/mol. The van der Waals surface area contributed by atoms with Gasteiger partial charge in [-0.15, -0.1) is 0 Å². The van der Waals surface area contributed by atoms with Crippen molar-refractivity contribution < 1.29 is 9.18 Å². The van der Waals surface area contributed by atoms with Crippen molar-refractivity contribution in [3.8, 4) is 5.69 Å². The van der Waals surface area contributed by atoms with Gasteiger partial charge in [0.2, 0.25) is 0 Å². The maximum Gasteiger partial charge on any atom is 0.322 e. The van der Waals surface area contributed by atoms with E-state index in [4.69, 9.17) is 4.98 Å². The molecule has 0 fully saturated rings. The lowest BCUT2D eigenvalue weighted by Gasteiger charge is -2.31. The van der Waals surface area contributed by atoms with Gasteiger partial charge in [-0.1, -0.05) is 72.8 Å². The molecule has 0 aliphatic rings. The third-order valence-electron chi connectivity index (χ3n) is 6.52. The van der Waals surface area contributed by atoms with Crippen LogP contribution in [0.5, 0.6) is 0 Å². The maximum atomic E-state index is 14.4. The normalized spacial score (nSPS) is 11.7. The summed E-state index contributed by atoms with van der Waals surface area (Å²) in [7, 11) is 0. The van der Waals surface area contributed by atoms with Gasteiger partial charge in [0.15, 0.2) is 0 Å². The van der Waals surface area contributed by atoms with Crippen molar-refractivity contribution in [3.63, 3.8) is 0 Å². The smallest absolute Gasteiger partial charge is 0.314 e. The highest BCUT2D eigenvalue weighted by Crippen LogP contribution is 2.25. The number of hydrogen-bond acceptors (Lipinski definition) is 3. The van der Waals surface area contributed by atoms with Crippen LogP contribution in [0.4, 0.5) is 14.9 Å². The number of aromatic nitrogens is 2. The highest BCUT2D eigenvalue weighted by molar-refractivity contribution is 5.89. The van der Waals surface area contributed by atoms with Crippen LogP contribution < -0.4 is 10.9 Å². The van der Waals surface area contributed by atoms with E-state index in [1.807, 2.05) is 73.7 Å². The van der Waals surface area contributed by atoms with Crippen molar-refractivity contribution in [3.05, 3.63) is 137 Å². The first-order valence-corrected chi connectivity index (χ1v) is 12.5. The van der Waals surface area contributed by atoms with E-state index in [9.17, 15) is 14.0 Å². The fourth-order valence-corrected chi connectivity index (χ4v) is 4.51. The Balaban J connectivity index is 1.60. The minimum absolute atomic E-state index is 0.0846. The Labute approximate surface area is 220 Å². The van der Waals surface area contributed by atoms with Gasteiger partial charge in [-0.25, -0.2) is 14.2 Å². The lowest BCUT2D eigenvalue weighted by atomic mass is 10.1. The van der Waals surface area contributed by atoms with E-state index in [0.717, 1.165) is 5.56 Å². The van der Waals surface area contributed by atoms with Crippen molar-refractivity contribution in [2.45, 2.75) is 19.4 Å². The van der Waals surface area contributed by atoms with Gasteiger partial charge in [0.1, 0.15) is 11.6 Å². The average molecular weight is 507 g/mol. The molecular formula is C31H27FN4O2. The van der Waals surface area contributed by atoms with Gasteiger partial charge in [0, 0.05) is 6.54 Å². The molecule has 2 amide bonds. The van der Waals surface area contributed by atoms with Crippen LogP contribution in [0.25, 0.3) is 16.6 Å². The molecule has 0 aliphatic carbocycles. The summed E-state index contributed by atoms with van der Waals surface area (Å²) in [5.41, 5.74) is 2.11. The number of nitrogens with zero attached hydrogens (tertiary/aromatic N) is 3. The molecule has 0 radical (unpaired) electrons. The van der Waals surface area contributed by atoms with Gasteiger partial charge in [-0.2, -0.15) is 0 Å². The molecule has 1 atom stereocenters. The fraction of sp³-hybridized carbons (Fsp3) is 0.129. The Morgan fingerprint density at radius 1 is 0.895 bits per heavy atom. The molecule has 1 unspecified atom stereocenters. The summed E-state index contributed by atoms with van der Waals surface area (Å²) in [6, 6.07) is 31.2. The topological polar surface area (TPSA) is 67.2 Å². The molecule has 4 aromatic carbocycles. The molecule has 1 heterocycles. The number of carbonyl (C=O) groups excluding carboxylic acids is 1. The second kappa shape index (κ2) is 11.1. The molecule has 0 saturated heterocycles. The number of halogens is 1. The molecule has 38 heavy (non-hydrogen) atoms. The first kappa shape index (κ1) is 24.9. The molecule has 7 heteroatoms. The third kappa shape index (κ3) is 5.18. The van der Waals surface area contributed by atoms with Crippen LogP contribution in [0.15, 0.2) is 114 Å². The number of fused-ring (bicyclic) bond motifs is 1. The number of carbonyl (C=O) groups is 1. The molecule has 0 bridgehead atoms. The summed E-state index contributed by atoms with van der Waals surface area (Å²) < 4.78 is 16.0. The summed E-state index contributed by atoms with van der Waals surface area (Å²) in [6.07, 6.45) is 0.568. The Hall–Kier alpha value is -4.78. The minimum atomic E-state index is -0.622. The zero-order valence-electron chi connectivity index (χ0n) is 20.9. The lowest BCUT2D eigenvalue weighted by molar-refractivity contribution is 0.190. The predicted molar refractivity (Wildman–Crippen MR) is 148 cm³/mol. The van der Waals surface area contributed by atoms with Crippen molar-refractivity contribution in [1.82, 2.24) is 14.5 Å². The Morgan fingerprint density at radius 2 is 1.53 bits per heavy atom. The summed E-state index contributed by atoms with van der Waals surface area (Å²) in [6.45, 7) is 2.16. The van der Waals surface area contributed by atoms with Gasteiger partial charge in [0.05, 0.1) is 28.3 Å². The average Bonchev–Trinajstić information content (AvgIpc) is 2.95. The number of rotatable bonds is 7. The highest BCUT2D eigenvalue weighted by Gasteiger charge is 2.27. The third-order valence-corrected chi connectivity index (χ3v) is 6.52. The summed E-state index contributed by atoms with van der Waals surface area (Å²) in [4.78, 5) is 33.8. The molecule has 190 valence electrons. The van der Waals surface area contributed by atoms with E-state index in [1.54, 1.807) is 39.8 Å². The summed E-state index contributed by atoms with van der Waals surface area (Å²) in [5.74, 6) is -0.113. The van der Waals surface area contributed by atoms with Gasteiger partial charge in [0.25, 0.3) is 5.56 Å². The van der Waals surface area contributed by atoms with Crippen molar-refractivity contribution in [2.24, 2.45) is 0 Å². The van der Waals surface area contributed by atoms with Crippen LogP contribution >= 0.6 is 0 Å². The molecule has 0 aliphatic heterocycles. The van der Waals surface area contributed by atoms with E-state index in [1.165, 1.54) is 12.1 Å². The SMILES string of the molecule is CC(c1nc2ccccc2c(=O)n1-c1ccccc1)N(CCc1ccccc1)C(=O)Nc1ccccc1F. The van der Waals surface area contributed by atoms with Crippen LogP contribution in [-0.2, 0) is 6.42 Å². The summed E-state index contributed by atoms with van der Waals surface area (Å²) in [5, 5.41) is 3.19. The Bertz CT molecular complexity index is 1620. The number of urea groups is 1. The fourth-order valence-electron chi connectivity index (χ4n) is 4.51. The van der Waals surface area contributed by atoms with Crippen molar-refractivity contribution in [1.29, 1.82) is 0 Å². The number of hydrogen-bond donors (Lipinski definition) is 1. The van der Waals surface area contributed by atoms with Crippen LogP contribution in [-0.4, -0.2) is 27.0 Å². The Morgan fingerprint density at radius 3 is 2.26 bits per heavy atom. The maximum absolute atomic E-state index is 14.4. The molecule has 6 nitrogen and oxygen atoms in total. The highest BCUT2D eigenvalue weighted by atomic mass is 19.1. The number of benzene rings is 4. The van der Waals surface area contributed by atoms with Crippen LogP contribution in [0.2, 0.25) is 0 Å². The van der Waals surface area contributed by atoms with Crippen molar-refractivity contribution >= 4 is 22.6 Å². The van der Waals surface area contributed by atoms with Crippen molar-refractivity contribution in [2.75, 3.05) is 11.9 Å². The number of nitrogens with one attached hydrogen (secondary N) is 1. The largest absolute Gasteiger partial charge is 0.322 e. The van der Waals surface area contributed by atoms with E-state index in [-0.39, 0.29) is 11.2 Å². The second-order valence-electron chi connectivity index (χ2n) is 8.98. The molecule has 1 aromatic heterocycles. The zero-order valence-corrected chi connectivity index (χ0v) is 20.9. The molecule has 1 N–H and O–H groups in total. The molecule has 0 saturated carbocycles. The van der Waals surface area contributed by atoms with Gasteiger partial charge < -0.3 is 10.2 Å². The Kier molecular flexibility index (Phi) is 7.26. The van der Waals surface area contributed by atoms with E-state index in [2.05, 4.69) is 5.32 Å². The van der Waals surface area contributed by atoms with Gasteiger partial charge >= 0.3 is 6.03 Å². The molecular weight excluding hydrogens is 479 g/mol. The standard InChI is InChI=1S/C31H27FN4O2/c1-22(29-33-27-18-10-8-16-25(27)30(37)36(29)24-14-6-3-7-15-24)35(21-20-23-12-4-2-5-13-23)31(38)34-28-19-11-9-17-26(28)32/h2-19,22H,20-21H2,1H3,(H,34,38). The minimum Gasteiger partial charge on any atom is -0.314 e. The quantitative estimate of drug-likeness (QED) is 0.279. The first-order valence-electron chi connectivity index (χ1n) is 12.5. The summed E-state index contributed by atoms with van der Waals surface area (Å²) >= 11 is 0. The zero-order chi connectivity index (χ0) is 26.5.